The topological polar surface area (TPSA) is 149 Å². The maximum Gasteiger partial charge on any atom is 0.335 e. The summed E-state index contributed by atoms with van der Waals surface area (Å²) in [5, 5.41) is 36.1. The smallest absolute Gasteiger partial charge is 0.335 e. The van der Waals surface area contributed by atoms with Gasteiger partial charge in [0, 0.05) is 22.8 Å². The van der Waals surface area contributed by atoms with E-state index in [4.69, 9.17) is 25.2 Å². The molecule has 5 N–H and O–H groups in total. The van der Waals surface area contributed by atoms with E-state index in [1.807, 2.05) is 6.07 Å². The second-order valence-corrected chi connectivity index (χ2v) is 6.83. The van der Waals surface area contributed by atoms with Crippen LogP contribution >= 0.6 is 15.9 Å². The van der Waals surface area contributed by atoms with Gasteiger partial charge in [0.1, 0.15) is 12.4 Å². The molecule has 1 aromatic heterocycles. The van der Waals surface area contributed by atoms with Crippen molar-refractivity contribution in [3.8, 4) is 5.75 Å². The van der Waals surface area contributed by atoms with Gasteiger partial charge >= 0.3 is 11.9 Å². The number of aromatic nitrogens is 1. The fourth-order valence-electron chi connectivity index (χ4n) is 2.50. The zero-order valence-electron chi connectivity index (χ0n) is 13.1. The van der Waals surface area contributed by atoms with Crippen molar-refractivity contribution < 1.29 is 34.8 Å². The lowest BCUT2D eigenvalue weighted by Crippen LogP contribution is -2.39. The summed E-state index contributed by atoms with van der Waals surface area (Å²) in [6.45, 7) is 0.755. The van der Waals surface area contributed by atoms with Crippen molar-refractivity contribution >= 4 is 27.9 Å². The van der Waals surface area contributed by atoms with Crippen LogP contribution in [0, 0.1) is 5.92 Å². The van der Waals surface area contributed by atoms with Gasteiger partial charge in [-0.1, -0.05) is 0 Å². The molecule has 0 radical (unpaired) electrons. The summed E-state index contributed by atoms with van der Waals surface area (Å²) < 4.78 is 6.65. The Hall–Kier alpha value is -1.75. The van der Waals surface area contributed by atoms with E-state index in [1.54, 1.807) is 12.4 Å². The lowest BCUT2D eigenvalue weighted by Gasteiger charge is -2.14. The first-order valence-corrected chi connectivity index (χ1v) is 8.38. The van der Waals surface area contributed by atoms with Crippen molar-refractivity contribution in [3.05, 3.63) is 22.9 Å². The van der Waals surface area contributed by atoms with Crippen LogP contribution in [-0.4, -0.2) is 68.2 Å². The van der Waals surface area contributed by atoms with Gasteiger partial charge in [-0.3, -0.25) is 4.98 Å². The Morgan fingerprint density at radius 2 is 1.88 bits per heavy atom. The Balaban J connectivity index is 0.000000199. The second kappa shape index (κ2) is 8.56. The second-order valence-electron chi connectivity index (χ2n) is 5.92. The van der Waals surface area contributed by atoms with Gasteiger partial charge < -0.3 is 30.5 Å². The first-order valence-electron chi connectivity index (χ1n) is 7.59. The van der Waals surface area contributed by atoms with Crippen molar-refractivity contribution in [2.24, 2.45) is 5.92 Å². The third-order valence-electron chi connectivity index (χ3n) is 3.90. The number of aliphatic hydroxyl groups excluding tert-OH is 2. The van der Waals surface area contributed by atoms with Crippen molar-refractivity contribution in [1.29, 1.82) is 0 Å². The first kappa shape index (κ1) is 19.6. The molecule has 1 aromatic rings. The molecule has 1 aliphatic heterocycles. The van der Waals surface area contributed by atoms with Crippen LogP contribution in [0.2, 0.25) is 0 Å². The highest BCUT2D eigenvalue weighted by atomic mass is 79.9. The Kier molecular flexibility index (Phi) is 6.71. The predicted molar refractivity (Wildman–Crippen MR) is 88.2 cm³/mol. The van der Waals surface area contributed by atoms with Crippen molar-refractivity contribution in [2.45, 2.75) is 37.1 Å². The summed E-state index contributed by atoms with van der Waals surface area (Å²) in [7, 11) is 0. The number of nitrogens with one attached hydrogen (secondary N) is 1. The Labute approximate surface area is 151 Å². The number of carboxylic acid groups (broad SMARTS) is 2. The molecule has 9 nitrogen and oxygen atoms in total. The number of carbonyl (C=O) groups is 2. The predicted octanol–water partition coefficient (Wildman–Crippen LogP) is -0.149. The quantitative estimate of drug-likeness (QED) is 0.424. The molecule has 1 saturated carbocycles. The van der Waals surface area contributed by atoms with E-state index in [2.05, 4.69) is 26.2 Å². The van der Waals surface area contributed by atoms with Crippen LogP contribution in [0.15, 0.2) is 22.9 Å². The SMILES string of the molecule is Brc1cncc(OC[C@@H]2C[C@H]3C[C@H]3N2)c1.O=C(O)C(O)C(O)C(=O)O. The van der Waals surface area contributed by atoms with Crippen LogP contribution in [0.4, 0.5) is 0 Å². The highest BCUT2D eigenvalue weighted by Crippen LogP contribution is 2.40. The average Bonchev–Trinajstić information content (AvgIpc) is 3.18. The number of pyridine rings is 1. The molecule has 10 heteroatoms. The molecule has 2 fully saturated rings. The Morgan fingerprint density at radius 3 is 2.36 bits per heavy atom. The van der Waals surface area contributed by atoms with Crippen molar-refractivity contribution in [3.63, 3.8) is 0 Å². The molecule has 1 saturated heterocycles. The zero-order valence-corrected chi connectivity index (χ0v) is 14.7. The minimum atomic E-state index is -2.27. The lowest BCUT2D eigenvalue weighted by molar-refractivity contribution is -0.165. The number of aliphatic carboxylic acids is 2. The summed E-state index contributed by atoms with van der Waals surface area (Å²) in [6.07, 6.45) is 1.62. The van der Waals surface area contributed by atoms with E-state index < -0.39 is 24.1 Å². The maximum atomic E-state index is 9.77. The molecular weight excluding hydrogens is 400 g/mol. The number of hydrogen-bond acceptors (Lipinski definition) is 7. The van der Waals surface area contributed by atoms with Gasteiger partial charge in [0.05, 0.1) is 6.20 Å². The summed E-state index contributed by atoms with van der Waals surface area (Å²) >= 11 is 3.37. The molecular formula is C15H19BrN2O7. The van der Waals surface area contributed by atoms with Crippen LogP contribution in [0.25, 0.3) is 0 Å². The van der Waals surface area contributed by atoms with E-state index in [1.165, 1.54) is 12.8 Å². The van der Waals surface area contributed by atoms with Gasteiger partial charge in [0.2, 0.25) is 0 Å². The van der Waals surface area contributed by atoms with Crippen LogP contribution in [0.5, 0.6) is 5.75 Å². The van der Waals surface area contributed by atoms with E-state index in [-0.39, 0.29) is 0 Å². The molecule has 5 atom stereocenters. The van der Waals surface area contributed by atoms with Crippen LogP contribution in [-0.2, 0) is 9.59 Å². The van der Waals surface area contributed by atoms with E-state index in [9.17, 15) is 9.59 Å². The first-order chi connectivity index (χ1) is 11.8. The van der Waals surface area contributed by atoms with E-state index >= 15 is 0 Å². The monoisotopic (exact) mass is 418 g/mol. The molecule has 25 heavy (non-hydrogen) atoms. The van der Waals surface area contributed by atoms with Crippen LogP contribution < -0.4 is 10.1 Å². The normalized spacial score (nSPS) is 25.8. The molecule has 0 bridgehead atoms. The number of rotatable bonds is 6. The number of aliphatic hydroxyl groups is 2. The lowest BCUT2D eigenvalue weighted by atomic mass is 10.2. The van der Waals surface area contributed by atoms with Gasteiger partial charge in [-0.2, -0.15) is 0 Å². The Morgan fingerprint density at radius 1 is 1.24 bits per heavy atom. The molecule has 0 spiro atoms. The standard InChI is InChI=1S/C11H13BrN2O.C4H6O6/c12-8-3-10(5-13-4-8)15-6-9-1-7-2-11(7)14-9;5-1(3(7)8)2(6)4(9)10/h3-5,7,9,11,14H,1-2,6H2;1-2,5-6H,(H,7,8)(H,9,10)/t7-,9-,11+;/m0./s1. The number of carboxylic acids is 2. The van der Waals surface area contributed by atoms with Crippen LogP contribution in [0.3, 0.4) is 0 Å². The fraction of sp³-hybridized carbons (Fsp3) is 0.533. The van der Waals surface area contributed by atoms with Gasteiger partial charge in [0.15, 0.2) is 12.2 Å². The largest absolute Gasteiger partial charge is 0.490 e. The van der Waals surface area contributed by atoms with E-state index in [0.29, 0.717) is 6.04 Å². The zero-order chi connectivity index (χ0) is 18.6. The van der Waals surface area contributed by atoms with Gasteiger partial charge in [0.25, 0.3) is 0 Å². The maximum absolute atomic E-state index is 9.77. The minimum Gasteiger partial charge on any atom is -0.490 e. The van der Waals surface area contributed by atoms with Gasteiger partial charge in [-0.15, -0.1) is 0 Å². The van der Waals surface area contributed by atoms with Crippen molar-refractivity contribution in [2.75, 3.05) is 6.61 Å². The summed E-state index contributed by atoms with van der Waals surface area (Å²) in [5.74, 6) is -1.77. The number of nitrogens with zero attached hydrogens (tertiary/aromatic N) is 1. The molecule has 2 heterocycles. The Bertz CT molecular complexity index is 602. The van der Waals surface area contributed by atoms with Crippen molar-refractivity contribution in [1.82, 2.24) is 10.3 Å². The number of halogens is 1. The highest BCUT2D eigenvalue weighted by Gasteiger charge is 2.45. The van der Waals surface area contributed by atoms with Gasteiger partial charge in [-0.05, 0) is 40.8 Å². The molecule has 2 aliphatic rings. The fourth-order valence-corrected chi connectivity index (χ4v) is 2.85. The number of fused-ring (bicyclic) bond motifs is 1. The molecule has 2 unspecified atom stereocenters. The third kappa shape index (κ3) is 5.92. The molecule has 3 rings (SSSR count). The minimum absolute atomic E-state index is 0.535. The summed E-state index contributed by atoms with van der Waals surface area (Å²) in [6, 6.07) is 3.27. The molecule has 0 aromatic carbocycles. The summed E-state index contributed by atoms with van der Waals surface area (Å²) in [5.41, 5.74) is 0. The number of ether oxygens (including phenoxy) is 1. The van der Waals surface area contributed by atoms with Crippen LogP contribution in [0.1, 0.15) is 12.8 Å². The number of hydrogen-bond donors (Lipinski definition) is 5. The average molecular weight is 419 g/mol. The molecule has 0 amide bonds. The molecule has 138 valence electrons. The number of piperidine rings is 1. The third-order valence-corrected chi connectivity index (χ3v) is 4.33. The highest BCUT2D eigenvalue weighted by molar-refractivity contribution is 9.10. The van der Waals surface area contributed by atoms with E-state index in [0.717, 1.165) is 28.8 Å². The van der Waals surface area contributed by atoms with Gasteiger partial charge in [-0.25, -0.2) is 9.59 Å². The summed E-state index contributed by atoms with van der Waals surface area (Å²) in [4.78, 5) is 23.6. The molecule has 1 aliphatic carbocycles.